The lowest BCUT2D eigenvalue weighted by Gasteiger charge is -2.39. The molecule has 102 valence electrons. The van der Waals surface area contributed by atoms with Crippen molar-refractivity contribution >= 4 is 16.7 Å². The molecule has 19 heavy (non-hydrogen) atoms. The van der Waals surface area contributed by atoms with E-state index in [1.807, 2.05) is 6.20 Å². The Morgan fingerprint density at radius 1 is 1.47 bits per heavy atom. The van der Waals surface area contributed by atoms with Crippen LogP contribution in [0.1, 0.15) is 33.6 Å². The van der Waals surface area contributed by atoms with Gasteiger partial charge in [0, 0.05) is 23.7 Å². The molecule has 2 aromatic heterocycles. The maximum absolute atomic E-state index is 5.82. The largest absolute Gasteiger partial charge is 0.476 e. The quantitative estimate of drug-likeness (QED) is 0.899. The normalized spacial score (nSPS) is 16.1. The van der Waals surface area contributed by atoms with Crippen LogP contribution >= 0.6 is 0 Å². The molecule has 3 rings (SSSR count). The summed E-state index contributed by atoms with van der Waals surface area (Å²) in [5, 5.41) is 1.14. The van der Waals surface area contributed by atoms with Gasteiger partial charge in [-0.25, -0.2) is 0 Å². The molecule has 0 bridgehead atoms. The maximum Gasteiger partial charge on any atom is 0.239 e. The number of hydrogen-bond donors (Lipinski definition) is 1. The zero-order valence-corrected chi connectivity index (χ0v) is 11.9. The predicted molar refractivity (Wildman–Crippen MR) is 77.9 cm³/mol. The lowest BCUT2D eigenvalue weighted by molar-refractivity contribution is 0.311. The summed E-state index contributed by atoms with van der Waals surface area (Å²) in [5.74, 6) is 0.758. The number of fused-ring (bicyclic) bond motifs is 2. The van der Waals surface area contributed by atoms with Gasteiger partial charge in [-0.2, -0.15) is 4.98 Å². The van der Waals surface area contributed by atoms with Crippen LogP contribution in [0, 0.1) is 0 Å². The van der Waals surface area contributed by atoms with Crippen LogP contribution < -0.4 is 9.64 Å². The smallest absolute Gasteiger partial charge is 0.239 e. The summed E-state index contributed by atoms with van der Waals surface area (Å²) >= 11 is 0. The summed E-state index contributed by atoms with van der Waals surface area (Å²) < 4.78 is 5.82. The molecular weight excluding hydrogens is 238 g/mol. The Labute approximate surface area is 113 Å². The Morgan fingerprint density at radius 2 is 2.32 bits per heavy atom. The van der Waals surface area contributed by atoms with Crippen LogP contribution in [0.3, 0.4) is 0 Å². The van der Waals surface area contributed by atoms with Crippen molar-refractivity contribution in [1.82, 2.24) is 9.97 Å². The minimum atomic E-state index is 0.119. The highest BCUT2D eigenvalue weighted by molar-refractivity contribution is 5.82. The highest BCUT2D eigenvalue weighted by Crippen LogP contribution is 2.37. The minimum absolute atomic E-state index is 0.119. The first-order valence-electron chi connectivity index (χ1n) is 7.00. The van der Waals surface area contributed by atoms with E-state index in [9.17, 15) is 0 Å². The first-order chi connectivity index (χ1) is 9.12. The van der Waals surface area contributed by atoms with Gasteiger partial charge in [-0.05, 0) is 38.8 Å². The van der Waals surface area contributed by atoms with Crippen LogP contribution in [0.25, 0.3) is 11.0 Å². The molecule has 1 aliphatic rings. The van der Waals surface area contributed by atoms with Crippen molar-refractivity contribution in [2.45, 2.75) is 39.2 Å². The van der Waals surface area contributed by atoms with E-state index in [-0.39, 0.29) is 5.54 Å². The molecule has 0 aromatic carbocycles. The number of aromatic nitrogens is 2. The Kier molecular flexibility index (Phi) is 2.88. The van der Waals surface area contributed by atoms with Crippen molar-refractivity contribution < 1.29 is 4.74 Å². The van der Waals surface area contributed by atoms with Gasteiger partial charge in [-0.15, -0.1) is 0 Å². The zero-order valence-electron chi connectivity index (χ0n) is 11.9. The van der Waals surface area contributed by atoms with Gasteiger partial charge in [0.25, 0.3) is 0 Å². The van der Waals surface area contributed by atoms with Gasteiger partial charge in [-0.3, -0.25) is 0 Å². The monoisotopic (exact) mass is 259 g/mol. The van der Waals surface area contributed by atoms with E-state index < -0.39 is 0 Å². The summed E-state index contributed by atoms with van der Waals surface area (Å²) in [5.41, 5.74) is 2.14. The Bertz CT molecular complexity index is 588. The summed E-state index contributed by atoms with van der Waals surface area (Å²) in [6.45, 7) is 8.55. The summed E-state index contributed by atoms with van der Waals surface area (Å²) in [4.78, 5) is 10.2. The predicted octanol–water partition coefficient (Wildman–Crippen LogP) is 3.34. The van der Waals surface area contributed by atoms with Crippen molar-refractivity contribution in [3.05, 3.63) is 18.3 Å². The van der Waals surface area contributed by atoms with E-state index in [0.29, 0.717) is 0 Å². The number of nitrogens with zero attached hydrogens (tertiary/aromatic N) is 2. The van der Waals surface area contributed by atoms with Gasteiger partial charge < -0.3 is 14.6 Å². The second-order valence-corrected chi connectivity index (χ2v) is 5.75. The van der Waals surface area contributed by atoms with Crippen LogP contribution in [0.15, 0.2) is 18.3 Å². The molecule has 1 N–H and O–H groups in total. The highest BCUT2D eigenvalue weighted by Gasteiger charge is 2.29. The van der Waals surface area contributed by atoms with E-state index in [2.05, 4.69) is 47.8 Å². The van der Waals surface area contributed by atoms with Crippen LogP contribution in [-0.2, 0) is 0 Å². The summed E-state index contributed by atoms with van der Waals surface area (Å²) in [6, 6.07) is 4.25. The molecule has 4 heteroatoms. The Balaban J connectivity index is 2.15. The third kappa shape index (κ3) is 2.05. The van der Waals surface area contributed by atoms with Crippen LogP contribution in [0.2, 0.25) is 0 Å². The number of aromatic amines is 1. The number of ether oxygens (including phenoxy) is 1. The fraction of sp³-hybridized carbons (Fsp3) is 0.533. The molecule has 0 atom stereocenters. The molecule has 4 nitrogen and oxygen atoms in total. The first kappa shape index (κ1) is 12.3. The number of H-pyrrole nitrogens is 1. The number of anilines is 1. The second kappa shape index (κ2) is 4.44. The minimum Gasteiger partial charge on any atom is -0.476 e. The third-order valence-electron chi connectivity index (χ3n) is 4.13. The lowest BCUT2D eigenvalue weighted by Crippen LogP contribution is -2.44. The fourth-order valence-electron chi connectivity index (χ4n) is 2.58. The van der Waals surface area contributed by atoms with Gasteiger partial charge in [0.1, 0.15) is 11.3 Å². The van der Waals surface area contributed by atoms with Gasteiger partial charge in [0.05, 0.1) is 6.61 Å². The number of hydrogen-bond acceptors (Lipinski definition) is 3. The topological polar surface area (TPSA) is 41.1 Å². The molecule has 0 saturated carbocycles. The van der Waals surface area contributed by atoms with Crippen molar-refractivity contribution in [1.29, 1.82) is 0 Å². The molecular formula is C15H21N3O. The molecule has 0 amide bonds. The lowest BCUT2D eigenvalue weighted by atomic mass is 9.98. The van der Waals surface area contributed by atoms with E-state index in [4.69, 9.17) is 4.74 Å². The van der Waals surface area contributed by atoms with Gasteiger partial charge in [-0.1, -0.05) is 6.92 Å². The molecule has 2 aromatic rings. The van der Waals surface area contributed by atoms with E-state index in [0.717, 1.165) is 48.6 Å². The zero-order chi connectivity index (χ0) is 13.5. The maximum atomic E-state index is 5.82. The molecule has 0 aliphatic carbocycles. The van der Waals surface area contributed by atoms with E-state index in [1.165, 1.54) is 0 Å². The van der Waals surface area contributed by atoms with Gasteiger partial charge >= 0.3 is 0 Å². The molecule has 0 saturated heterocycles. The van der Waals surface area contributed by atoms with Crippen LogP contribution in [0.5, 0.6) is 5.88 Å². The molecule has 0 fully saturated rings. The molecule has 1 aliphatic heterocycles. The standard InChI is InChI=1S/C15H21N3O/c1-4-15(2,3)18-8-5-9-19-14-12(18)10-11-6-7-16-13(11)17-14/h6-7,10H,4-5,8-9H2,1-3H3,(H,16,17). The van der Waals surface area contributed by atoms with Crippen LogP contribution in [-0.4, -0.2) is 28.7 Å². The van der Waals surface area contributed by atoms with Gasteiger partial charge in [0.2, 0.25) is 5.88 Å². The number of rotatable bonds is 2. The average molecular weight is 259 g/mol. The van der Waals surface area contributed by atoms with E-state index >= 15 is 0 Å². The second-order valence-electron chi connectivity index (χ2n) is 5.75. The van der Waals surface area contributed by atoms with Gasteiger partial charge in [0.15, 0.2) is 0 Å². The molecule has 3 heterocycles. The Morgan fingerprint density at radius 3 is 3.11 bits per heavy atom. The molecule has 0 unspecified atom stereocenters. The number of nitrogens with one attached hydrogen (secondary N) is 1. The van der Waals surface area contributed by atoms with Crippen LogP contribution in [0.4, 0.5) is 5.69 Å². The third-order valence-corrected chi connectivity index (χ3v) is 4.13. The number of pyridine rings is 1. The SMILES string of the molecule is CCC(C)(C)N1CCCOc2nc3[nH]ccc3cc21. The summed E-state index contributed by atoms with van der Waals surface area (Å²) in [7, 11) is 0. The van der Waals surface area contributed by atoms with Crippen molar-refractivity contribution in [3.8, 4) is 5.88 Å². The molecule has 0 radical (unpaired) electrons. The average Bonchev–Trinajstić information content (AvgIpc) is 2.74. The molecule has 0 spiro atoms. The summed E-state index contributed by atoms with van der Waals surface area (Å²) in [6.07, 6.45) is 4.05. The van der Waals surface area contributed by atoms with Crippen molar-refractivity contribution in [2.24, 2.45) is 0 Å². The van der Waals surface area contributed by atoms with Crippen molar-refractivity contribution in [2.75, 3.05) is 18.1 Å². The highest BCUT2D eigenvalue weighted by atomic mass is 16.5. The first-order valence-corrected chi connectivity index (χ1v) is 7.00. The van der Waals surface area contributed by atoms with Crippen molar-refractivity contribution in [3.63, 3.8) is 0 Å². The van der Waals surface area contributed by atoms with E-state index in [1.54, 1.807) is 0 Å². The fourth-order valence-corrected chi connectivity index (χ4v) is 2.58. The Hall–Kier alpha value is -1.71.